The summed E-state index contributed by atoms with van der Waals surface area (Å²) in [6, 6.07) is 6.42. The highest BCUT2D eigenvalue weighted by atomic mass is 79.9. The van der Waals surface area contributed by atoms with Crippen molar-refractivity contribution in [3.05, 3.63) is 28.2 Å². The number of rotatable bonds is 6. The van der Waals surface area contributed by atoms with E-state index in [0.29, 0.717) is 5.92 Å². The van der Waals surface area contributed by atoms with Crippen LogP contribution in [-0.2, 0) is 11.3 Å². The quantitative estimate of drug-likeness (QED) is 0.825. The molecule has 2 rings (SSSR count). The van der Waals surface area contributed by atoms with E-state index in [1.807, 2.05) is 0 Å². The maximum absolute atomic E-state index is 11.3. The van der Waals surface area contributed by atoms with Crippen molar-refractivity contribution in [2.45, 2.75) is 26.8 Å². The Morgan fingerprint density at radius 1 is 1.52 bits per heavy atom. The number of halogens is 1. The molecule has 1 atom stereocenters. The summed E-state index contributed by atoms with van der Waals surface area (Å²) in [4.78, 5) is 13.5. The lowest BCUT2D eigenvalue weighted by molar-refractivity contribution is -0.121. The van der Waals surface area contributed by atoms with Crippen LogP contribution in [0.4, 0.5) is 5.69 Å². The first kappa shape index (κ1) is 16.3. The van der Waals surface area contributed by atoms with E-state index in [1.165, 1.54) is 5.56 Å². The Kier molecular flexibility index (Phi) is 5.65. The molecule has 0 radical (unpaired) electrons. The number of nitrogens with zero attached hydrogens (tertiary/aromatic N) is 1. The second kappa shape index (κ2) is 7.27. The molecule has 1 aliphatic heterocycles. The number of primary amides is 1. The van der Waals surface area contributed by atoms with Crippen molar-refractivity contribution in [3.8, 4) is 0 Å². The number of nitrogens with one attached hydrogen (secondary N) is 1. The molecule has 4 nitrogen and oxygen atoms in total. The molecule has 0 saturated carbocycles. The third-order valence-electron chi connectivity index (χ3n) is 3.83. The van der Waals surface area contributed by atoms with E-state index in [2.05, 4.69) is 58.2 Å². The van der Waals surface area contributed by atoms with Crippen LogP contribution in [0.2, 0.25) is 0 Å². The zero-order valence-electron chi connectivity index (χ0n) is 12.7. The molecule has 5 heteroatoms. The Morgan fingerprint density at radius 3 is 2.86 bits per heavy atom. The van der Waals surface area contributed by atoms with Crippen molar-refractivity contribution >= 4 is 27.5 Å². The Labute approximate surface area is 135 Å². The Balaban J connectivity index is 1.98. The molecule has 1 heterocycles. The van der Waals surface area contributed by atoms with Crippen molar-refractivity contribution in [1.29, 1.82) is 0 Å². The number of amides is 1. The van der Waals surface area contributed by atoms with E-state index < -0.39 is 0 Å². The number of nitrogens with two attached hydrogens (primary N) is 1. The number of carbonyl (C=O) groups excluding carboxylic acids is 1. The number of hydrogen-bond acceptors (Lipinski definition) is 3. The summed E-state index contributed by atoms with van der Waals surface area (Å²) in [7, 11) is 0. The van der Waals surface area contributed by atoms with Gasteiger partial charge in [-0.15, -0.1) is 0 Å². The lowest BCUT2D eigenvalue weighted by Crippen LogP contribution is -2.27. The molecule has 1 amide bonds. The Morgan fingerprint density at radius 2 is 2.29 bits per heavy atom. The number of benzene rings is 1. The highest BCUT2D eigenvalue weighted by Gasteiger charge is 2.27. The van der Waals surface area contributed by atoms with Crippen LogP contribution in [0, 0.1) is 11.8 Å². The molecule has 3 N–H and O–H groups in total. The van der Waals surface area contributed by atoms with Crippen LogP contribution in [0.1, 0.15) is 25.8 Å². The summed E-state index contributed by atoms with van der Waals surface area (Å²) in [5.74, 6) is 0.440. The molecule has 0 spiro atoms. The van der Waals surface area contributed by atoms with Gasteiger partial charge >= 0.3 is 0 Å². The first-order valence-electron chi connectivity index (χ1n) is 7.50. The maximum atomic E-state index is 11.3. The van der Waals surface area contributed by atoms with Gasteiger partial charge in [-0.2, -0.15) is 0 Å². The topological polar surface area (TPSA) is 58.4 Å². The molecule has 1 fully saturated rings. The molecule has 1 unspecified atom stereocenters. The number of carbonyl (C=O) groups is 1. The largest absolute Gasteiger partial charge is 0.370 e. The van der Waals surface area contributed by atoms with Crippen LogP contribution in [0.3, 0.4) is 0 Å². The third kappa shape index (κ3) is 4.45. The average molecular weight is 354 g/mol. The first-order chi connectivity index (χ1) is 9.97. The van der Waals surface area contributed by atoms with Gasteiger partial charge in [0.25, 0.3) is 0 Å². The lowest BCUT2D eigenvalue weighted by atomic mass is 10.1. The number of anilines is 1. The van der Waals surface area contributed by atoms with Gasteiger partial charge in [0.2, 0.25) is 5.91 Å². The molecule has 1 aliphatic rings. The van der Waals surface area contributed by atoms with Crippen LogP contribution in [-0.4, -0.2) is 25.5 Å². The first-order valence-corrected chi connectivity index (χ1v) is 8.30. The second-order valence-corrected chi connectivity index (χ2v) is 7.00. The van der Waals surface area contributed by atoms with E-state index in [1.54, 1.807) is 0 Å². The van der Waals surface area contributed by atoms with Gasteiger partial charge in [-0.25, -0.2) is 0 Å². The maximum Gasteiger partial charge on any atom is 0.222 e. The van der Waals surface area contributed by atoms with E-state index >= 15 is 0 Å². The van der Waals surface area contributed by atoms with Gasteiger partial charge in [-0.3, -0.25) is 4.79 Å². The predicted molar refractivity (Wildman–Crippen MR) is 90.2 cm³/mol. The summed E-state index contributed by atoms with van der Waals surface area (Å²) >= 11 is 3.65. The van der Waals surface area contributed by atoms with Gasteiger partial charge < -0.3 is 16.0 Å². The van der Waals surface area contributed by atoms with E-state index in [9.17, 15) is 4.79 Å². The molecule has 1 aromatic rings. The normalized spacial score (nSPS) is 18.5. The molecule has 0 aliphatic carbocycles. The third-order valence-corrected chi connectivity index (χ3v) is 4.46. The van der Waals surface area contributed by atoms with E-state index in [-0.39, 0.29) is 11.8 Å². The molecule has 1 saturated heterocycles. The second-order valence-electron chi connectivity index (χ2n) is 6.14. The van der Waals surface area contributed by atoms with Gasteiger partial charge in [-0.1, -0.05) is 19.9 Å². The Hall–Kier alpha value is -1.07. The SMILES string of the molecule is CC(C)CNCc1ccc(N2CCC(C(N)=O)C2)c(Br)c1. The van der Waals surface area contributed by atoms with Crippen LogP contribution in [0.25, 0.3) is 0 Å². The zero-order valence-corrected chi connectivity index (χ0v) is 14.3. The van der Waals surface area contributed by atoms with Crippen molar-refractivity contribution in [1.82, 2.24) is 5.32 Å². The van der Waals surface area contributed by atoms with Crippen molar-refractivity contribution in [2.75, 3.05) is 24.5 Å². The average Bonchev–Trinajstić information content (AvgIpc) is 2.88. The van der Waals surface area contributed by atoms with Crippen LogP contribution < -0.4 is 16.0 Å². The molecule has 116 valence electrons. The van der Waals surface area contributed by atoms with Crippen molar-refractivity contribution < 1.29 is 4.79 Å². The molecule has 1 aromatic carbocycles. The summed E-state index contributed by atoms with van der Waals surface area (Å²) in [5, 5.41) is 3.44. The van der Waals surface area contributed by atoms with E-state index in [0.717, 1.165) is 42.8 Å². The highest BCUT2D eigenvalue weighted by Crippen LogP contribution is 2.31. The van der Waals surface area contributed by atoms with Crippen molar-refractivity contribution in [3.63, 3.8) is 0 Å². The lowest BCUT2D eigenvalue weighted by Gasteiger charge is -2.20. The smallest absolute Gasteiger partial charge is 0.222 e. The highest BCUT2D eigenvalue weighted by molar-refractivity contribution is 9.10. The minimum atomic E-state index is -0.192. The molecule has 0 bridgehead atoms. The molecule has 21 heavy (non-hydrogen) atoms. The fourth-order valence-electron chi connectivity index (χ4n) is 2.63. The van der Waals surface area contributed by atoms with E-state index in [4.69, 9.17) is 5.73 Å². The fourth-order valence-corrected chi connectivity index (χ4v) is 3.31. The van der Waals surface area contributed by atoms with Crippen LogP contribution in [0.15, 0.2) is 22.7 Å². The van der Waals surface area contributed by atoms with Crippen LogP contribution in [0.5, 0.6) is 0 Å². The minimum Gasteiger partial charge on any atom is -0.370 e. The summed E-state index contributed by atoms with van der Waals surface area (Å²) in [6.07, 6.45) is 0.847. The predicted octanol–water partition coefficient (Wildman–Crippen LogP) is 2.51. The number of hydrogen-bond donors (Lipinski definition) is 2. The summed E-state index contributed by atoms with van der Waals surface area (Å²) < 4.78 is 1.08. The fraction of sp³-hybridized carbons (Fsp3) is 0.562. The summed E-state index contributed by atoms with van der Waals surface area (Å²) in [5.41, 5.74) is 7.80. The van der Waals surface area contributed by atoms with Crippen LogP contribution >= 0.6 is 15.9 Å². The monoisotopic (exact) mass is 353 g/mol. The molecule has 0 aromatic heterocycles. The molecular weight excluding hydrogens is 330 g/mol. The standard InChI is InChI=1S/C16H24BrN3O/c1-11(2)8-19-9-12-3-4-15(14(17)7-12)20-6-5-13(10-20)16(18)21/h3-4,7,11,13,19H,5-6,8-10H2,1-2H3,(H2,18,21). The van der Waals surface area contributed by atoms with Gasteiger partial charge in [-0.05, 0) is 52.5 Å². The minimum absolute atomic E-state index is 0.0238. The van der Waals surface area contributed by atoms with Gasteiger partial charge in [0.15, 0.2) is 0 Å². The summed E-state index contributed by atoms with van der Waals surface area (Å²) in [6.45, 7) is 7.91. The zero-order chi connectivity index (χ0) is 15.4. The molecular formula is C16H24BrN3O. The Bertz CT molecular complexity index is 504. The van der Waals surface area contributed by atoms with Crippen molar-refractivity contribution in [2.24, 2.45) is 17.6 Å². The van der Waals surface area contributed by atoms with Gasteiger partial charge in [0.05, 0.1) is 11.6 Å². The van der Waals surface area contributed by atoms with Gasteiger partial charge in [0.1, 0.15) is 0 Å². The van der Waals surface area contributed by atoms with Gasteiger partial charge in [0, 0.05) is 24.1 Å².